The van der Waals surface area contributed by atoms with Gasteiger partial charge in [-0.3, -0.25) is 4.90 Å². The van der Waals surface area contributed by atoms with Gasteiger partial charge in [0, 0.05) is 6.54 Å². The number of hydrogen-bond acceptors (Lipinski definition) is 3. The summed E-state index contributed by atoms with van der Waals surface area (Å²) in [6.07, 6.45) is 0. The van der Waals surface area contributed by atoms with Crippen LogP contribution in [0.4, 0.5) is 0 Å². The van der Waals surface area contributed by atoms with Gasteiger partial charge in [-0.05, 0) is 38.6 Å². The summed E-state index contributed by atoms with van der Waals surface area (Å²) in [5, 5.41) is 3.30. The Labute approximate surface area is 111 Å². The van der Waals surface area contributed by atoms with E-state index >= 15 is 0 Å². The number of furan rings is 1. The second-order valence-corrected chi connectivity index (χ2v) is 4.86. The number of hydrogen-bond donors (Lipinski definition) is 1. The fourth-order valence-corrected chi connectivity index (χ4v) is 1.96. The van der Waals surface area contributed by atoms with E-state index in [0.717, 1.165) is 44.2 Å². The highest BCUT2D eigenvalue weighted by Crippen LogP contribution is 2.16. The van der Waals surface area contributed by atoms with Gasteiger partial charge in [0.1, 0.15) is 11.5 Å². The zero-order valence-corrected chi connectivity index (χ0v) is 12.2. The maximum atomic E-state index is 5.90. The predicted molar refractivity (Wildman–Crippen MR) is 76.6 cm³/mol. The number of rotatable bonds is 8. The van der Waals surface area contributed by atoms with Crippen LogP contribution < -0.4 is 5.32 Å². The van der Waals surface area contributed by atoms with Crippen LogP contribution in [0, 0.1) is 6.92 Å². The first-order valence-electron chi connectivity index (χ1n) is 6.72. The van der Waals surface area contributed by atoms with E-state index in [4.69, 9.17) is 4.42 Å². The lowest BCUT2D eigenvalue weighted by atomic mass is 10.2. The highest BCUT2D eigenvalue weighted by molar-refractivity contribution is 5.20. The van der Waals surface area contributed by atoms with Crippen molar-refractivity contribution in [3.8, 4) is 0 Å². The van der Waals surface area contributed by atoms with Gasteiger partial charge in [-0.1, -0.05) is 26.0 Å². The molecule has 1 N–H and O–H groups in total. The van der Waals surface area contributed by atoms with Crippen LogP contribution in [0.2, 0.25) is 0 Å². The minimum absolute atomic E-state index is 0.814. The van der Waals surface area contributed by atoms with Gasteiger partial charge in [0.05, 0.1) is 13.1 Å². The molecule has 0 radical (unpaired) electrons. The topological polar surface area (TPSA) is 28.4 Å². The molecule has 1 aromatic rings. The molecule has 0 unspecified atom stereocenters. The summed E-state index contributed by atoms with van der Waals surface area (Å²) in [6.45, 7) is 17.0. The van der Waals surface area contributed by atoms with Crippen LogP contribution in [0.5, 0.6) is 0 Å². The fraction of sp³-hybridized carbons (Fsp3) is 0.600. The van der Waals surface area contributed by atoms with E-state index < -0.39 is 0 Å². The van der Waals surface area contributed by atoms with Gasteiger partial charge in [0.2, 0.25) is 0 Å². The molecule has 3 nitrogen and oxygen atoms in total. The molecular weight excluding hydrogens is 224 g/mol. The molecule has 0 spiro atoms. The third-order valence-corrected chi connectivity index (χ3v) is 2.93. The lowest BCUT2D eigenvalue weighted by Crippen LogP contribution is -2.24. The molecule has 0 aliphatic heterocycles. The summed E-state index contributed by atoms with van der Waals surface area (Å²) in [7, 11) is 0. The van der Waals surface area contributed by atoms with Crippen molar-refractivity contribution in [3.63, 3.8) is 0 Å². The second-order valence-electron chi connectivity index (χ2n) is 4.86. The molecule has 1 heterocycles. The normalized spacial score (nSPS) is 11.2. The van der Waals surface area contributed by atoms with E-state index in [1.165, 1.54) is 11.1 Å². The van der Waals surface area contributed by atoms with Gasteiger partial charge in [0.25, 0.3) is 0 Å². The van der Waals surface area contributed by atoms with Gasteiger partial charge in [-0.2, -0.15) is 0 Å². The molecule has 0 amide bonds. The molecule has 0 saturated carbocycles. The van der Waals surface area contributed by atoms with Crippen LogP contribution in [0.3, 0.4) is 0 Å². The maximum Gasteiger partial charge on any atom is 0.120 e. The van der Waals surface area contributed by atoms with E-state index in [-0.39, 0.29) is 0 Å². The summed E-state index contributed by atoms with van der Waals surface area (Å²) >= 11 is 0. The molecule has 102 valence electrons. The van der Waals surface area contributed by atoms with Crippen LogP contribution in [0.1, 0.15) is 37.9 Å². The molecule has 0 bridgehead atoms. The van der Waals surface area contributed by atoms with Crippen molar-refractivity contribution < 1.29 is 4.42 Å². The zero-order chi connectivity index (χ0) is 13.5. The first-order valence-corrected chi connectivity index (χ1v) is 6.72. The van der Waals surface area contributed by atoms with Crippen LogP contribution in [0.25, 0.3) is 0 Å². The van der Waals surface area contributed by atoms with Crippen molar-refractivity contribution >= 4 is 0 Å². The van der Waals surface area contributed by atoms with E-state index in [9.17, 15) is 0 Å². The van der Waals surface area contributed by atoms with Crippen molar-refractivity contribution in [1.29, 1.82) is 0 Å². The van der Waals surface area contributed by atoms with E-state index in [0.29, 0.717) is 0 Å². The molecule has 0 aliphatic rings. The Balaban J connectivity index is 2.63. The van der Waals surface area contributed by atoms with E-state index in [1.807, 2.05) is 0 Å². The van der Waals surface area contributed by atoms with Crippen LogP contribution in [0.15, 0.2) is 22.6 Å². The minimum atomic E-state index is 0.814. The van der Waals surface area contributed by atoms with Gasteiger partial charge in [-0.25, -0.2) is 0 Å². The summed E-state index contributed by atoms with van der Waals surface area (Å²) in [4.78, 5) is 2.33. The average molecular weight is 250 g/mol. The third-order valence-electron chi connectivity index (χ3n) is 2.93. The Bertz CT molecular complexity index is 382. The van der Waals surface area contributed by atoms with E-state index in [1.54, 1.807) is 0 Å². The van der Waals surface area contributed by atoms with Crippen LogP contribution in [-0.2, 0) is 13.1 Å². The van der Waals surface area contributed by atoms with Gasteiger partial charge >= 0.3 is 0 Å². The van der Waals surface area contributed by atoms with Crippen molar-refractivity contribution in [2.24, 2.45) is 0 Å². The Kier molecular flexibility index (Phi) is 6.16. The number of nitrogens with zero attached hydrogens (tertiary/aromatic N) is 1. The molecular formula is C15H26N2O. The first-order chi connectivity index (χ1) is 8.56. The minimum Gasteiger partial charge on any atom is -0.463 e. The lowest BCUT2D eigenvalue weighted by Gasteiger charge is -2.18. The number of aryl methyl sites for hydroxylation is 1. The highest BCUT2D eigenvalue weighted by atomic mass is 16.3. The molecule has 0 fully saturated rings. The quantitative estimate of drug-likeness (QED) is 0.719. The van der Waals surface area contributed by atoms with Crippen molar-refractivity contribution in [2.75, 3.05) is 19.6 Å². The standard InChI is InChI=1S/C15H26N2O/c1-6-16-9-15-13(5)8-14(18-15)11-17(7-2)10-12(3)4/h8,16H,3,6-7,9-11H2,1-2,4-5H3. The fourth-order valence-electron chi connectivity index (χ4n) is 1.96. The van der Waals surface area contributed by atoms with E-state index in [2.05, 4.69) is 50.6 Å². The number of likely N-dealkylation sites (N-methyl/N-ethyl adjacent to an activating group) is 1. The second kappa shape index (κ2) is 7.39. The monoisotopic (exact) mass is 250 g/mol. The Morgan fingerprint density at radius 1 is 1.44 bits per heavy atom. The predicted octanol–water partition coefficient (Wildman–Crippen LogP) is 3.10. The molecule has 3 heteroatoms. The Hall–Kier alpha value is -1.06. The number of nitrogens with one attached hydrogen (secondary N) is 1. The molecule has 0 aromatic carbocycles. The molecule has 0 aliphatic carbocycles. The Morgan fingerprint density at radius 2 is 2.17 bits per heavy atom. The largest absolute Gasteiger partial charge is 0.463 e. The van der Waals surface area contributed by atoms with Crippen molar-refractivity contribution in [2.45, 2.75) is 40.8 Å². The summed E-state index contributed by atoms with van der Waals surface area (Å²) < 4.78 is 5.90. The van der Waals surface area contributed by atoms with Crippen molar-refractivity contribution in [1.82, 2.24) is 10.2 Å². The molecule has 0 saturated heterocycles. The van der Waals surface area contributed by atoms with Crippen LogP contribution >= 0.6 is 0 Å². The Morgan fingerprint density at radius 3 is 2.72 bits per heavy atom. The summed E-state index contributed by atoms with van der Waals surface area (Å²) in [5.74, 6) is 2.10. The lowest BCUT2D eigenvalue weighted by molar-refractivity contribution is 0.271. The summed E-state index contributed by atoms with van der Waals surface area (Å²) in [6, 6.07) is 2.15. The summed E-state index contributed by atoms with van der Waals surface area (Å²) in [5.41, 5.74) is 2.42. The SMILES string of the molecule is C=C(C)CN(CC)Cc1cc(C)c(CNCC)o1. The molecule has 1 aromatic heterocycles. The van der Waals surface area contributed by atoms with Gasteiger partial charge in [-0.15, -0.1) is 0 Å². The molecule has 1 rings (SSSR count). The van der Waals surface area contributed by atoms with Gasteiger partial charge in [0.15, 0.2) is 0 Å². The maximum absolute atomic E-state index is 5.90. The van der Waals surface area contributed by atoms with Crippen molar-refractivity contribution in [3.05, 3.63) is 35.3 Å². The third kappa shape index (κ3) is 4.67. The smallest absolute Gasteiger partial charge is 0.120 e. The molecule has 18 heavy (non-hydrogen) atoms. The first kappa shape index (κ1) is 15.0. The molecule has 0 atom stereocenters. The van der Waals surface area contributed by atoms with Crippen LogP contribution in [-0.4, -0.2) is 24.5 Å². The van der Waals surface area contributed by atoms with Gasteiger partial charge < -0.3 is 9.73 Å². The highest BCUT2D eigenvalue weighted by Gasteiger charge is 2.10. The zero-order valence-electron chi connectivity index (χ0n) is 12.2. The average Bonchev–Trinajstić information content (AvgIpc) is 2.65.